The summed E-state index contributed by atoms with van der Waals surface area (Å²) in [6, 6.07) is 0. The molecule has 0 unspecified atom stereocenters. The van der Waals surface area contributed by atoms with Crippen molar-refractivity contribution in [2.24, 2.45) is 0 Å². The maximum Gasteiger partial charge on any atom is 0.338 e. The number of allylic oxidation sites excluding steroid dienone is 2. The van der Waals surface area contributed by atoms with Crippen LogP contribution in [-0.2, 0) is 28.7 Å². The van der Waals surface area contributed by atoms with Crippen LogP contribution in [0.4, 0.5) is 0 Å². The van der Waals surface area contributed by atoms with Gasteiger partial charge in [-0.2, -0.15) is 0 Å². The Morgan fingerprint density at radius 1 is 0.850 bits per heavy atom. The molecule has 0 aromatic rings. The van der Waals surface area contributed by atoms with E-state index in [2.05, 4.69) is 4.74 Å². The highest BCUT2D eigenvalue weighted by Gasteiger charge is 2.07. The molecular formula is C12H12O8. The molecule has 0 atom stereocenters. The Morgan fingerprint density at radius 2 is 1.45 bits per heavy atom. The quantitative estimate of drug-likeness (QED) is 0.363. The minimum atomic E-state index is -1.34. The lowest BCUT2D eigenvalue weighted by Gasteiger charge is -1.94. The van der Waals surface area contributed by atoms with E-state index in [1.165, 1.54) is 6.08 Å². The van der Waals surface area contributed by atoms with E-state index in [1.807, 2.05) is 0 Å². The molecule has 0 aliphatic carbocycles. The number of esters is 2. The standard InChI is InChI=1S/C12H12O8/c13-8(7-10(16)17)5-6-12(19)20-11(18)4-2-1-3-9(14)15/h2,4-6H,1,3,7H2,(H,14,15)(H,16,17). The van der Waals surface area contributed by atoms with E-state index < -0.39 is 36.1 Å². The van der Waals surface area contributed by atoms with Gasteiger partial charge >= 0.3 is 23.9 Å². The number of carbonyl (C=O) groups is 5. The van der Waals surface area contributed by atoms with E-state index >= 15 is 0 Å². The summed E-state index contributed by atoms with van der Waals surface area (Å²) in [6.45, 7) is 0. The molecule has 0 heterocycles. The number of ether oxygens (including phenoxy) is 1. The summed E-state index contributed by atoms with van der Waals surface area (Å²) in [5.74, 6) is -5.34. The van der Waals surface area contributed by atoms with E-state index in [0.29, 0.717) is 12.2 Å². The van der Waals surface area contributed by atoms with E-state index in [4.69, 9.17) is 10.2 Å². The maximum absolute atomic E-state index is 11.0. The zero-order valence-electron chi connectivity index (χ0n) is 10.3. The zero-order valence-corrected chi connectivity index (χ0v) is 10.3. The Labute approximate surface area is 113 Å². The third kappa shape index (κ3) is 10.4. The van der Waals surface area contributed by atoms with Gasteiger partial charge in [-0.3, -0.25) is 14.4 Å². The SMILES string of the molecule is O=C(O)CCC=CC(=O)OC(=O)C=CC(=O)CC(=O)O. The molecule has 2 N–H and O–H groups in total. The van der Waals surface area contributed by atoms with Gasteiger partial charge in [-0.15, -0.1) is 0 Å². The lowest BCUT2D eigenvalue weighted by molar-refractivity contribution is -0.153. The second kappa shape index (κ2) is 9.20. The Hall–Kier alpha value is -2.77. The molecule has 0 spiro atoms. The fourth-order valence-corrected chi connectivity index (χ4v) is 0.923. The van der Waals surface area contributed by atoms with Crippen LogP contribution in [0.3, 0.4) is 0 Å². The van der Waals surface area contributed by atoms with Crippen molar-refractivity contribution in [1.29, 1.82) is 0 Å². The first kappa shape index (κ1) is 17.2. The van der Waals surface area contributed by atoms with Gasteiger partial charge in [0.15, 0.2) is 5.78 Å². The Bertz CT molecular complexity index is 472. The van der Waals surface area contributed by atoms with E-state index in [1.54, 1.807) is 0 Å². The van der Waals surface area contributed by atoms with E-state index in [9.17, 15) is 24.0 Å². The average Bonchev–Trinajstić information content (AvgIpc) is 2.31. The predicted octanol–water partition coefficient (Wildman–Crippen LogP) is 0.0772. The molecular weight excluding hydrogens is 272 g/mol. The van der Waals surface area contributed by atoms with Crippen molar-refractivity contribution in [2.75, 3.05) is 0 Å². The summed E-state index contributed by atoms with van der Waals surface area (Å²) in [4.78, 5) is 53.3. The van der Waals surface area contributed by atoms with E-state index in [0.717, 1.165) is 6.08 Å². The third-order valence-electron chi connectivity index (χ3n) is 1.71. The van der Waals surface area contributed by atoms with Crippen LogP contribution < -0.4 is 0 Å². The van der Waals surface area contributed by atoms with Crippen LogP contribution in [0, 0.1) is 0 Å². The molecule has 108 valence electrons. The van der Waals surface area contributed by atoms with Gasteiger partial charge in [0.1, 0.15) is 6.42 Å². The minimum Gasteiger partial charge on any atom is -0.481 e. The first-order valence-electron chi connectivity index (χ1n) is 5.38. The molecule has 0 amide bonds. The molecule has 0 rings (SSSR count). The maximum atomic E-state index is 11.0. The Balaban J connectivity index is 4.10. The molecule has 0 aliphatic rings. The van der Waals surface area contributed by atoms with Crippen LogP contribution in [-0.4, -0.2) is 39.9 Å². The molecule has 0 saturated heterocycles. The van der Waals surface area contributed by atoms with Crippen LogP contribution >= 0.6 is 0 Å². The molecule has 0 bridgehead atoms. The minimum absolute atomic E-state index is 0.103. The molecule has 8 nitrogen and oxygen atoms in total. The monoisotopic (exact) mass is 284 g/mol. The summed E-state index contributed by atoms with van der Waals surface area (Å²) < 4.78 is 4.21. The summed E-state index contributed by atoms with van der Waals surface area (Å²) in [5, 5.41) is 16.6. The number of hydrogen-bond donors (Lipinski definition) is 2. The van der Waals surface area contributed by atoms with Crippen molar-refractivity contribution in [3.63, 3.8) is 0 Å². The van der Waals surface area contributed by atoms with Crippen molar-refractivity contribution in [2.45, 2.75) is 19.3 Å². The summed E-state index contributed by atoms with van der Waals surface area (Å²) in [5.41, 5.74) is 0. The van der Waals surface area contributed by atoms with Gasteiger partial charge in [-0.1, -0.05) is 6.08 Å². The van der Waals surface area contributed by atoms with Gasteiger partial charge in [0.2, 0.25) is 0 Å². The number of rotatable bonds is 8. The molecule has 8 heteroatoms. The van der Waals surface area contributed by atoms with Crippen molar-refractivity contribution in [1.82, 2.24) is 0 Å². The second-order valence-electron chi connectivity index (χ2n) is 3.45. The van der Waals surface area contributed by atoms with Gasteiger partial charge < -0.3 is 14.9 Å². The fraction of sp³-hybridized carbons (Fsp3) is 0.250. The Morgan fingerprint density at radius 3 is 2.00 bits per heavy atom. The lowest BCUT2D eigenvalue weighted by atomic mass is 10.2. The second-order valence-corrected chi connectivity index (χ2v) is 3.45. The van der Waals surface area contributed by atoms with Gasteiger partial charge in [-0.25, -0.2) is 9.59 Å². The van der Waals surface area contributed by atoms with E-state index in [-0.39, 0.29) is 12.8 Å². The van der Waals surface area contributed by atoms with Crippen LogP contribution in [0.2, 0.25) is 0 Å². The number of carboxylic acids is 2. The number of hydrogen-bond acceptors (Lipinski definition) is 6. The van der Waals surface area contributed by atoms with Crippen molar-refractivity contribution >= 4 is 29.7 Å². The normalized spacial score (nSPS) is 10.6. The van der Waals surface area contributed by atoms with Crippen LogP contribution in [0.5, 0.6) is 0 Å². The van der Waals surface area contributed by atoms with Gasteiger partial charge in [-0.05, 0) is 12.5 Å². The van der Waals surface area contributed by atoms with Crippen LogP contribution in [0.1, 0.15) is 19.3 Å². The molecule has 0 aromatic carbocycles. The van der Waals surface area contributed by atoms with Gasteiger partial charge in [0, 0.05) is 18.6 Å². The molecule has 0 aromatic heterocycles. The number of aliphatic carboxylic acids is 2. The zero-order chi connectivity index (χ0) is 15.5. The number of carbonyl (C=O) groups excluding carboxylic acids is 3. The van der Waals surface area contributed by atoms with Crippen molar-refractivity contribution < 1.29 is 38.9 Å². The molecule has 20 heavy (non-hydrogen) atoms. The summed E-state index contributed by atoms with van der Waals surface area (Å²) in [7, 11) is 0. The largest absolute Gasteiger partial charge is 0.481 e. The molecule has 0 radical (unpaired) electrons. The van der Waals surface area contributed by atoms with Gasteiger partial charge in [0.25, 0.3) is 0 Å². The highest BCUT2D eigenvalue weighted by Crippen LogP contribution is 1.93. The molecule has 0 aliphatic heterocycles. The third-order valence-corrected chi connectivity index (χ3v) is 1.71. The average molecular weight is 284 g/mol. The molecule has 0 fully saturated rings. The van der Waals surface area contributed by atoms with Crippen molar-refractivity contribution in [3.05, 3.63) is 24.3 Å². The summed E-state index contributed by atoms with van der Waals surface area (Å²) in [6.07, 6.45) is 2.60. The number of carboxylic acid groups (broad SMARTS) is 2. The first-order chi connectivity index (χ1) is 9.31. The van der Waals surface area contributed by atoms with Crippen LogP contribution in [0.15, 0.2) is 24.3 Å². The fourth-order valence-electron chi connectivity index (χ4n) is 0.923. The van der Waals surface area contributed by atoms with Gasteiger partial charge in [0.05, 0.1) is 0 Å². The van der Waals surface area contributed by atoms with Crippen LogP contribution in [0.25, 0.3) is 0 Å². The molecule has 0 saturated carbocycles. The predicted molar refractivity (Wildman–Crippen MR) is 63.5 cm³/mol. The number of ketones is 1. The first-order valence-corrected chi connectivity index (χ1v) is 5.38. The highest BCUT2D eigenvalue weighted by molar-refractivity contribution is 6.05. The highest BCUT2D eigenvalue weighted by atomic mass is 16.6. The topological polar surface area (TPSA) is 135 Å². The summed E-state index contributed by atoms with van der Waals surface area (Å²) >= 11 is 0. The Kier molecular flexibility index (Phi) is 7.92. The van der Waals surface area contributed by atoms with Crippen molar-refractivity contribution in [3.8, 4) is 0 Å². The lowest BCUT2D eigenvalue weighted by Crippen LogP contribution is -2.09. The smallest absolute Gasteiger partial charge is 0.338 e.